The monoisotopic (exact) mass is 669 g/mol. The number of aromatic hydroxyl groups is 1. The van der Waals surface area contributed by atoms with E-state index < -0.39 is 53.5 Å². The number of carbonyl (C=O) groups excluding carboxylic acids is 3. The lowest BCUT2D eigenvalue weighted by atomic mass is 9.50. The number of hydrogen-bond acceptors (Lipinski definition) is 10. The molecule has 2 aliphatic heterocycles. The van der Waals surface area contributed by atoms with E-state index in [0.717, 1.165) is 11.1 Å². The number of guanidine groups is 1. The number of likely N-dealkylation sites (tertiary alicyclic amines) is 1. The minimum absolute atomic E-state index is 0.00417. The summed E-state index contributed by atoms with van der Waals surface area (Å²) in [4.78, 5) is 56.5. The Morgan fingerprint density at radius 2 is 2.08 bits per heavy atom. The number of phenolic OH excluding ortho intramolecular Hbond substituents is 1. The van der Waals surface area contributed by atoms with Gasteiger partial charge in [0.1, 0.15) is 18.2 Å². The lowest BCUT2D eigenvalue weighted by Crippen LogP contribution is -2.75. The molecule has 16 heteroatoms. The molecule has 3 amide bonds. The first kappa shape index (κ1) is 34.5. The maximum Gasteiger partial charge on any atom is 0.414 e. The van der Waals surface area contributed by atoms with Crippen LogP contribution in [0.3, 0.4) is 0 Å². The van der Waals surface area contributed by atoms with Crippen LogP contribution in [0.2, 0.25) is 0 Å². The van der Waals surface area contributed by atoms with Crippen LogP contribution in [-0.4, -0.2) is 119 Å². The average Bonchev–Trinajstić information content (AvgIpc) is 3.38. The zero-order valence-corrected chi connectivity index (χ0v) is 26.8. The summed E-state index contributed by atoms with van der Waals surface area (Å²) in [5.41, 5.74) is 10.2. The summed E-state index contributed by atoms with van der Waals surface area (Å²) in [6, 6.07) is 2.17. The Morgan fingerprint density at radius 1 is 1.31 bits per heavy atom. The number of aliphatic hydroxyl groups is 1. The summed E-state index contributed by atoms with van der Waals surface area (Å²) in [6.45, 7) is 5.37. The van der Waals surface area contributed by atoms with Gasteiger partial charge in [-0.2, -0.15) is 0 Å². The van der Waals surface area contributed by atoms with Crippen molar-refractivity contribution in [2.45, 2.75) is 67.7 Å². The molecule has 0 aromatic heterocycles. The van der Waals surface area contributed by atoms with Gasteiger partial charge in [0.15, 0.2) is 23.6 Å². The molecule has 16 nitrogen and oxygen atoms in total. The molecule has 260 valence electrons. The molecule has 1 spiro atoms. The predicted octanol–water partition coefficient (Wildman–Crippen LogP) is -0.576. The van der Waals surface area contributed by atoms with Crippen molar-refractivity contribution in [3.05, 3.63) is 47.7 Å². The zero-order valence-electron chi connectivity index (χ0n) is 26.8. The van der Waals surface area contributed by atoms with Gasteiger partial charge in [0.25, 0.3) is 0 Å². The van der Waals surface area contributed by atoms with E-state index in [2.05, 4.69) is 27.1 Å². The van der Waals surface area contributed by atoms with E-state index >= 15 is 0 Å². The van der Waals surface area contributed by atoms with E-state index in [0.29, 0.717) is 38.1 Å². The largest absolute Gasteiger partial charge is 0.504 e. The second-order valence-electron chi connectivity index (χ2n) is 12.6. The molecule has 48 heavy (non-hydrogen) atoms. The minimum atomic E-state index is -1.34. The lowest BCUT2D eigenvalue weighted by molar-refractivity contribution is -0.166. The van der Waals surface area contributed by atoms with Crippen molar-refractivity contribution in [3.63, 3.8) is 0 Å². The smallest absolute Gasteiger partial charge is 0.414 e. The number of hydrogen-bond donors (Lipinski definition) is 7. The number of nitrogens with two attached hydrogens (primary N) is 2. The van der Waals surface area contributed by atoms with Crippen molar-refractivity contribution in [1.29, 1.82) is 0 Å². The Labute approximate surface area is 277 Å². The second kappa shape index (κ2) is 13.7. The number of piperidine rings is 1. The molecule has 1 aromatic rings. The van der Waals surface area contributed by atoms with Crippen molar-refractivity contribution in [2.24, 2.45) is 16.5 Å². The number of benzene rings is 1. The first-order chi connectivity index (χ1) is 22.8. The SMILES string of the molecule is C=CCN1CCC23c4c5ccc(O)c4O[C@H]2C(OC(=O)N(C)CCNC(=O)[C@@H](CCCN=C(N)N)NC(=O)CC(=O)O)=CC[C@@]3(O)C1C5. The van der Waals surface area contributed by atoms with Crippen LogP contribution in [-0.2, 0) is 31.0 Å². The van der Waals surface area contributed by atoms with E-state index in [9.17, 15) is 29.4 Å². The predicted molar refractivity (Wildman–Crippen MR) is 172 cm³/mol. The molecule has 0 radical (unpaired) electrons. The van der Waals surface area contributed by atoms with Gasteiger partial charge >= 0.3 is 12.1 Å². The van der Waals surface area contributed by atoms with Gasteiger partial charge in [-0.05, 0) is 43.4 Å². The van der Waals surface area contributed by atoms with E-state index in [1.807, 2.05) is 12.1 Å². The molecule has 2 unspecified atom stereocenters. The number of likely N-dealkylation sites (N-methyl/N-ethyl adjacent to an activating group) is 1. The Morgan fingerprint density at radius 3 is 2.79 bits per heavy atom. The molecule has 1 aromatic carbocycles. The highest BCUT2D eigenvalue weighted by Crippen LogP contribution is 2.65. The molecule has 1 saturated heterocycles. The number of rotatable bonds is 14. The van der Waals surface area contributed by atoms with E-state index in [1.54, 1.807) is 12.1 Å². The van der Waals surface area contributed by atoms with Crippen LogP contribution in [0.4, 0.5) is 4.79 Å². The van der Waals surface area contributed by atoms with Crippen molar-refractivity contribution in [3.8, 4) is 11.5 Å². The Bertz CT molecular complexity index is 1540. The Kier molecular flexibility index (Phi) is 9.86. The number of carboxylic acid groups (broad SMARTS) is 1. The zero-order chi connectivity index (χ0) is 34.8. The van der Waals surface area contributed by atoms with E-state index in [-0.39, 0.29) is 56.0 Å². The van der Waals surface area contributed by atoms with Gasteiger partial charge in [-0.15, -0.1) is 6.58 Å². The van der Waals surface area contributed by atoms with Crippen LogP contribution in [0.15, 0.2) is 41.6 Å². The first-order valence-corrected chi connectivity index (χ1v) is 15.9. The van der Waals surface area contributed by atoms with Gasteiger partial charge in [-0.3, -0.25) is 24.3 Å². The second-order valence-corrected chi connectivity index (χ2v) is 12.6. The maximum absolute atomic E-state index is 13.3. The number of ether oxygens (including phenoxy) is 2. The number of carboxylic acids is 1. The molecule has 1 fully saturated rings. The van der Waals surface area contributed by atoms with Gasteiger partial charge in [0.05, 0.1) is 11.0 Å². The molecule has 4 aliphatic rings. The van der Waals surface area contributed by atoms with Crippen molar-refractivity contribution in [1.82, 2.24) is 20.4 Å². The van der Waals surface area contributed by atoms with Crippen molar-refractivity contribution >= 4 is 29.8 Å². The molecular formula is C32H43N7O9. The molecule has 2 aliphatic carbocycles. The summed E-state index contributed by atoms with van der Waals surface area (Å²) < 4.78 is 12.2. The Balaban J connectivity index is 1.24. The number of aliphatic imine (C=N–C) groups is 1. The molecule has 5 rings (SSSR count). The van der Waals surface area contributed by atoms with Crippen LogP contribution in [0.5, 0.6) is 11.5 Å². The fourth-order valence-electron chi connectivity index (χ4n) is 7.59. The van der Waals surface area contributed by atoms with Crippen molar-refractivity contribution < 1.29 is 44.0 Å². The number of nitrogens with zero attached hydrogens (tertiary/aromatic N) is 3. The van der Waals surface area contributed by atoms with E-state index in [1.165, 1.54) is 11.9 Å². The number of carbonyl (C=O) groups is 4. The summed E-state index contributed by atoms with van der Waals surface area (Å²) in [5.74, 6) is -2.37. The maximum atomic E-state index is 13.3. The first-order valence-electron chi connectivity index (χ1n) is 15.9. The van der Waals surface area contributed by atoms with Crippen LogP contribution in [0.25, 0.3) is 0 Å². The minimum Gasteiger partial charge on any atom is -0.504 e. The molecule has 5 atom stereocenters. The van der Waals surface area contributed by atoms with Gasteiger partial charge in [-0.25, -0.2) is 4.79 Å². The molecule has 0 saturated carbocycles. The van der Waals surface area contributed by atoms with Crippen molar-refractivity contribution in [2.75, 3.05) is 39.8 Å². The third-order valence-electron chi connectivity index (χ3n) is 9.73. The van der Waals surface area contributed by atoms with Gasteiger partial charge in [0.2, 0.25) is 11.8 Å². The third kappa shape index (κ3) is 6.24. The molecule has 9 N–H and O–H groups in total. The van der Waals surface area contributed by atoms with Crippen LogP contribution in [0, 0.1) is 0 Å². The quantitative estimate of drug-likeness (QED) is 0.0433. The summed E-state index contributed by atoms with van der Waals surface area (Å²) in [6.07, 6.45) is 2.89. The third-order valence-corrected chi connectivity index (χ3v) is 9.73. The summed E-state index contributed by atoms with van der Waals surface area (Å²) in [5, 5.41) is 37.2. The van der Waals surface area contributed by atoms with Gasteiger partial charge < -0.3 is 51.8 Å². The standard InChI is InChI=1S/C32H43N7O9/c1-3-13-39-14-10-31-25-18-6-7-20(40)26(25)48-27(31)21(8-9-32(31,46)22(39)16-18)47-30(45)38(2)15-12-35-28(44)19(5-4-11-36-29(33)34)37-23(41)17-24(42)43/h3,6-8,19,22,27,40,46H,1,4-5,9-17H2,2H3,(H,35,44)(H,37,41)(H,42,43)(H4,33,34,36)/t19-,22?,27+,31?,32-/m1/s1. The fourth-order valence-corrected chi connectivity index (χ4v) is 7.59. The highest BCUT2D eigenvalue weighted by molar-refractivity contribution is 5.96. The van der Waals surface area contributed by atoms with Crippen LogP contribution in [0.1, 0.15) is 43.2 Å². The molecular weight excluding hydrogens is 626 g/mol. The topological polar surface area (TPSA) is 242 Å². The summed E-state index contributed by atoms with van der Waals surface area (Å²) in [7, 11) is 1.49. The number of nitrogens with one attached hydrogen (secondary N) is 2. The highest BCUT2D eigenvalue weighted by atomic mass is 16.6. The summed E-state index contributed by atoms with van der Waals surface area (Å²) >= 11 is 0. The highest BCUT2D eigenvalue weighted by Gasteiger charge is 2.72. The van der Waals surface area contributed by atoms with Crippen LogP contribution < -0.4 is 26.8 Å². The fraction of sp³-hybridized carbons (Fsp3) is 0.531. The normalized spacial score (nSPS) is 25.3. The number of aliphatic carboxylic acids is 1. The lowest BCUT2D eigenvalue weighted by Gasteiger charge is -2.62. The van der Waals surface area contributed by atoms with E-state index in [4.69, 9.17) is 26.0 Å². The number of phenols is 1. The van der Waals surface area contributed by atoms with Gasteiger partial charge in [0, 0.05) is 57.8 Å². The molecule has 2 bridgehead atoms. The van der Waals surface area contributed by atoms with Crippen LogP contribution >= 0.6 is 0 Å². The molecule has 2 heterocycles. The Hall–Kier alpha value is -4.83. The average molecular weight is 670 g/mol. The van der Waals surface area contributed by atoms with Gasteiger partial charge in [-0.1, -0.05) is 12.1 Å². The number of amides is 3.